The fraction of sp³-hybridized carbons (Fsp3) is 0.542. The number of fused-ring (bicyclic) bond motifs is 1. The number of carbonyl (C=O) groups excluding carboxylic acids is 1. The summed E-state index contributed by atoms with van der Waals surface area (Å²) in [4.78, 5) is 32.4. The molecule has 36 heavy (non-hydrogen) atoms. The first-order valence-electron chi connectivity index (χ1n) is 11.9. The van der Waals surface area contributed by atoms with Crippen LogP contribution >= 0.6 is 11.6 Å². The van der Waals surface area contributed by atoms with E-state index >= 15 is 0 Å². The number of anilines is 3. The molecule has 1 amide bonds. The van der Waals surface area contributed by atoms with Gasteiger partial charge in [0, 0.05) is 42.7 Å². The molecule has 0 N–H and O–H groups in total. The predicted octanol–water partition coefficient (Wildman–Crippen LogP) is 2.44. The van der Waals surface area contributed by atoms with Crippen molar-refractivity contribution in [3.8, 4) is 6.07 Å². The molecule has 5 rings (SSSR count). The van der Waals surface area contributed by atoms with Crippen molar-refractivity contribution in [3.05, 3.63) is 34.9 Å². The number of hydrogen-bond acceptors (Lipinski definition) is 9. The van der Waals surface area contributed by atoms with Gasteiger partial charge < -0.3 is 14.7 Å². The first-order valence-corrected chi connectivity index (χ1v) is 14.0. The second kappa shape index (κ2) is 8.56. The Morgan fingerprint density at radius 1 is 1.17 bits per heavy atom. The largest absolute Gasteiger partial charge is 0.350 e. The van der Waals surface area contributed by atoms with Crippen molar-refractivity contribution in [3.63, 3.8) is 0 Å². The Bertz CT molecular complexity index is 1390. The van der Waals surface area contributed by atoms with E-state index in [0.29, 0.717) is 26.1 Å². The summed E-state index contributed by atoms with van der Waals surface area (Å²) in [6.45, 7) is 9.82. The molecule has 3 aliphatic rings. The Labute approximate surface area is 215 Å². The average molecular weight is 530 g/mol. The van der Waals surface area contributed by atoms with E-state index in [1.807, 2.05) is 24.8 Å². The molecule has 3 atom stereocenters. The maximum atomic E-state index is 13.0. The van der Waals surface area contributed by atoms with Crippen LogP contribution in [0.3, 0.4) is 0 Å². The number of sulfone groups is 1. The molecule has 10 nitrogen and oxygen atoms in total. The standard InChI is InChI=1S/C24H28ClN7O3S/c1-14-11-31(23(33)19-5-6-36(19,34)35)15(2)10-30(14)21-20-22(29-13-28-21)32(12-24(20,3)4)16-7-17(25)18(8-26)27-9-16/h7,9,13-15,19H,5-6,10-12H2,1-4H3/t14-,15+,19?/m0/s1. The monoisotopic (exact) mass is 529 g/mol. The molecule has 5 heterocycles. The molecule has 3 aliphatic heterocycles. The highest BCUT2D eigenvalue weighted by molar-refractivity contribution is 7.94. The van der Waals surface area contributed by atoms with Crippen molar-refractivity contribution in [2.24, 2.45) is 0 Å². The number of piperazine rings is 1. The van der Waals surface area contributed by atoms with E-state index in [1.165, 1.54) is 6.33 Å². The quantitative estimate of drug-likeness (QED) is 0.589. The maximum absolute atomic E-state index is 13.0. The topological polar surface area (TPSA) is 123 Å². The molecule has 12 heteroatoms. The maximum Gasteiger partial charge on any atom is 0.241 e. The van der Waals surface area contributed by atoms with Crippen LogP contribution in [0.5, 0.6) is 0 Å². The molecule has 0 aromatic carbocycles. The predicted molar refractivity (Wildman–Crippen MR) is 136 cm³/mol. The minimum atomic E-state index is -3.30. The van der Waals surface area contributed by atoms with Crippen molar-refractivity contribution in [2.75, 3.05) is 35.2 Å². The number of rotatable bonds is 3. The summed E-state index contributed by atoms with van der Waals surface area (Å²) >= 11 is 6.27. The van der Waals surface area contributed by atoms with Gasteiger partial charge in [-0.1, -0.05) is 25.4 Å². The van der Waals surface area contributed by atoms with Crippen molar-refractivity contribution in [2.45, 2.75) is 56.9 Å². The zero-order valence-electron chi connectivity index (χ0n) is 20.6. The van der Waals surface area contributed by atoms with Crippen LogP contribution in [0, 0.1) is 11.3 Å². The summed E-state index contributed by atoms with van der Waals surface area (Å²) in [6.07, 6.45) is 3.57. The van der Waals surface area contributed by atoms with Crippen LogP contribution in [-0.2, 0) is 20.0 Å². The minimum absolute atomic E-state index is 0.0668. The van der Waals surface area contributed by atoms with E-state index in [2.05, 4.69) is 33.7 Å². The van der Waals surface area contributed by atoms with Crippen LogP contribution in [0.1, 0.15) is 45.4 Å². The van der Waals surface area contributed by atoms with Gasteiger partial charge in [0.2, 0.25) is 5.91 Å². The molecule has 2 saturated heterocycles. The smallest absolute Gasteiger partial charge is 0.241 e. The van der Waals surface area contributed by atoms with Gasteiger partial charge in [-0.2, -0.15) is 5.26 Å². The van der Waals surface area contributed by atoms with Gasteiger partial charge in [-0.25, -0.2) is 23.4 Å². The lowest BCUT2D eigenvalue weighted by Gasteiger charge is -2.47. The lowest BCUT2D eigenvalue weighted by molar-refractivity contribution is -0.134. The van der Waals surface area contributed by atoms with Crippen molar-refractivity contribution in [1.29, 1.82) is 5.26 Å². The van der Waals surface area contributed by atoms with Gasteiger partial charge in [0.15, 0.2) is 15.5 Å². The second-order valence-electron chi connectivity index (χ2n) is 10.5. The third-order valence-corrected chi connectivity index (χ3v) is 9.85. The summed E-state index contributed by atoms with van der Waals surface area (Å²) in [5, 5.41) is 8.56. The Hall–Kier alpha value is -2.97. The molecule has 190 valence electrons. The SMILES string of the molecule is C[C@@H]1CN(c2ncnc3c2C(C)(C)CN3c2cnc(C#N)c(Cl)c2)[C@@H](C)CN1C(=O)C1CCS1(=O)=O. The molecule has 2 aromatic rings. The Morgan fingerprint density at radius 3 is 2.50 bits per heavy atom. The van der Waals surface area contributed by atoms with Gasteiger partial charge in [-0.05, 0) is 26.3 Å². The molecule has 0 radical (unpaired) electrons. The van der Waals surface area contributed by atoms with E-state index in [0.717, 1.165) is 22.9 Å². The molecule has 2 aromatic heterocycles. The molecular formula is C24H28ClN7O3S. The first-order chi connectivity index (χ1) is 16.9. The summed E-state index contributed by atoms with van der Waals surface area (Å²) in [6, 6.07) is 3.47. The number of amides is 1. The number of nitriles is 1. The van der Waals surface area contributed by atoms with Crippen molar-refractivity contribution >= 4 is 44.7 Å². The summed E-state index contributed by atoms with van der Waals surface area (Å²) in [5.74, 6) is 1.37. The molecule has 0 saturated carbocycles. The lowest BCUT2D eigenvalue weighted by atomic mass is 9.87. The average Bonchev–Trinajstić information content (AvgIpc) is 3.10. The van der Waals surface area contributed by atoms with Crippen molar-refractivity contribution in [1.82, 2.24) is 19.9 Å². The summed E-state index contributed by atoms with van der Waals surface area (Å²) in [7, 11) is -3.30. The molecule has 0 spiro atoms. The zero-order valence-corrected chi connectivity index (χ0v) is 22.2. The highest BCUT2D eigenvalue weighted by Crippen LogP contribution is 2.47. The second-order valence-corrected chi connectivity index (χ2v) is 13.2. The fourth-order valence-electron chi connectivity index (χ4n) is 5.43. The van der Waals surface area contributed by atoms with Crippen LogP contribution in [0.15, 0.2) is 18.6 Å². The number of halogens is 1. The number of carbonyl (C=O) groups is 1. The molecule has 2 fully saturated rings. The first kappa shape index (κ1) is 24.7. The van der Waals surface area contributed by atoms with E-state index in [1.54, 1.807) is 17.2 Å². The van der Waals surface area contributed by atoms with Crippen LogP contribution in [0.25, 0.3) is 0 Å². The van der Waals surface area contributed by atoms with Gasteiger partial charge in [0.1, 0.15) is 29.3 Å². The number of nitrogens with zero attached hydrogens (tertiary/aromatic N) is 7. The van der Waals surface area contributed by atoms with Gasteiger partial charge in [-0.15, -0.1) is 0 Å². The highest BCUT2D eigenvalue weighted by Gasteiger charge is 2.47. The van der Waals surface area contributed by atoms with Gasteiger partial charge >= 0.3 is 0 Å². The lowest BCUT2D eigenvalue weighted by Crippen LogP contribution is -2.62. The fourth-order valence-corrected chi connectivity index (χ4v) is 6.94. The zero-order chi connectivity index (χ0) is 26.0. The third-order valence-electron chi connectivity index (χ3n) is 7.45. The van der Waals surface area contributed by atoms with E-state index in [9.17, 15) is 18.5 Å². The normalized spacial score (nSPS) is 26.2. The van der Waals surface area contributed by atoms with Crippen LogP contribution in [0.2, 0.25) is 5.02 Å². The Balaban J connectivity index is 1.46. The van der Waals surface area contributed by atoms with Gasteiger partial charge in [0.05, 0.1) is 22.7 Å². The van der Waals surface area contributed by atoms with Gasteiger partial charge in [0.25, 0.3) is 0 Å². The van der Waals surface area contributed by atoms with E-state index in [4.69, 9.17) is 11.6 Å². The number of hydrogen-bond donors (Lipinski definition) is 0. The van der Waals surface area contributed by atoms with E-state index in [-0.39, 0.29) is 39.9 Å². The molecule has 1 unspecified atom stereocenters. The van der Waals surface area contributed by atoms with Crippen LogP contribution < -0.4 is 9.80 Å². The minimum Gasteiger partial charge on any atom is -0.350 e. The van der Waals surface area contributed by atoms with E-state index < -0.39 is 15.1 Å². The molecule has 0 aliphatic carbocycles. The third kappa shape index (κ3) is 3.87. The Morgan fingerprint density at radius 2 is 1.89 bits per heavy atom. The molecule has 0 bridgehead atoms. The van der Waals surface area contributed by atoms with Gasteiger partial charge in [-0.3, -0.25) is 4.79 Å². The van der Waals surface area contributed by atoms with Crippen LogP contribution in [0.4, 0.5) is 17.3 Å². The van der Waals surface area contributed by atoms with Crippen LogP contribution in [-0.4, -0.2) is 76.9 Å². The summed E-state index contributed by atoms with van der Waals surface area (Å²) < 4.78 is 24.1. The number of pyridine rings is 1. The highest BCUT2D eigenvalue weighted by atomic mass is 35.5. The molecular weight excluding hydrogens is 502 g/mol. The Kier molecular flexibility index (Phi) is 5.87. The van der Waals surface area contributed by atoms with Crippen molar-refractivity contribution < 1.29 is 13.2 Å². The number of aromatic nitrogens is 3. The summed E-state index contributed by atoms with van der Waals surface area (Å²) in [5.41, 5.74) is 1.61.